The zero-order chi connectivity index (χ0) is 11.3. The normalized spacial score (nSPS) is 15.2. The van der Waals surface area contributed by atoms with E-state index in [1.165, 1.54) is 6.26 Å². The highest BCUT2D eigenvalue weighted by atomic mass is 79.9. The summed E-state index contributed by atoms with van der Waals surface area (Å²) in [5.41, 5.74) is 4.33. The van der Waals surface area contributed by atoms with E-state index >= 15 is 0 Å². The fourth-order valence-corrected chi connectivity index (χ4v) is 2.08. The molecule has 1 rings (SSSR count). The summed E-state index contributed by atoms with van der Waals surface area (Å²) in [5.74, 6) is 0.498. The van der Waals surface area contributed by atoms with E-state index in [1.807, 2.05) is 0 Å². The van der Waals surface area contributed by atoms with Crippen LogP contribution in [0.25, 0.3) is 0 Å². The van der Waals surface area contributed by atoms with Gasteiger partial charge in [0.25, 0.3) is 0 Å². The van der Waals surface area contributed by atoms with Crippen LogP contribution in [-0.4, -0.2) is 25.4 Å². The molecule has 1 aromatic rings. The second kappa shape index (κ2) is 5.65. The van der Waals surface area contributed by atoms with Crippen molar-refractivity contribution in [1.29, 1.82) is 0 Å². The van der Waals surface area contributed by atoms with Gasteiger partial charge in [-0.15, -0.1) is 0 Å². The number of halogens is 1. The van der Waals surface area contributed by atoms with Crippen LogP contribution in [0.15, 0.2) is 21.2 Å². The first kappa shape index (κ1) is 12.7. The summed E-state index contributed by atoms with van der Waals surface area (Å²) >= 11 is 3.32. The van der Waals surface area contributed by atoms with Gasteiger partial charge in [0.05, 0.1) is 17.3 Å². The Morgan fingerprint density at radius 3 is 2.87 bits per heavy atom. The molecule has 15 heavy (non-hydrogen) atoms. The largest absolute Gasteiger partial charge is 0.465 e. The van der Waals surface area contributed by atoms with Gasteiger partial charge in [0.15, 0.2) is 5.76 Å². The summed E-state index contributed by atoms with van der Waals surface area (Å²) in [6.07, 6.45) is 2.76. The number of aliphatic hydroxyl groups is 1. The first-order valence-electron chi connectivity index (χ1n) is 4.79. The molecule has 0 radical (unpaired) electrons. The van der Waals surface area contributed by atoms with Gasteiger partial charge in [-0.1, -0.05) is 0 Å². The van der Waals surface area contributed by atoms with Crippen molar-refractivity contribution in [2.75, 3.05) is 20.3 Å². The fourth-order valence-electron chi connectivity index (χ4n) is 1.51. The Morgan fingerprint density at radius 1 is 1.67 bits per heavy atom. The fraction of sp³-hybridized carbons (Fsp3) is 0.600. The van der Waals surface area contributed by atoms with Gasteiger partial charge in [0.1, 0.15) is 5.60 Å². The van der Waals surface area contributed by atoms with Gasteiger partial charge in [0.2, 0.25) is 0 Å². The van der Waals surface area contributed by atoms with Crippen molar-refractivity contribution in [2.24, 2.45) is 5.73 Å². The maximum atomic E-state index is 10.4. The van der Waals surface area contributed by atoms with Crippen LogP contribution >= 0.6 is 15.9 Å². The smallest absolute Gasteiger partial charge is 0.151 e. The predicted molar refractivity (Wildman–Crippen MR) is 60.5 cm³/mol. The Labute approximate surface area is 97.5 Å². The standard InChI is InChI=1S/C10H16BrNO3/c1-14-7-10(13,4-2-5-12)9-8(11)3-6-15-9/h3,6,13H,2,4-5,7,12H2,1H3. The second-order valence-electron chi connectivity index (χ2n) is 3.45. The quantitative estimate of drug-likeness (QED) is 0.829. The van der Waals surface area contributed by atoms with E-state index in [4.69, 9.17) is 14.9 Å². The number of hydrogen-bond acceptors (Lipinski definition) is 4. The summed E-state index contributed by atoms with van der Waals surface area (Å²) in [4.78, 5) is 0. The molecule has 0 spiro atoms. The lowest BCUT2D eigenvalue weighted by atomic mass is 9.95. The van der Waals surface area contributed by atoms with Gasteiger partial charge in [0, 0.05) is 7.11 Å². The van der Waals surface area contributed by atoms with Crippen molar-refractivity contribution in [2.45, 2.75) is 18.4 Å². The minimum atomic E-state index is -1.10. The van der Waals surface area contributed by atoms with Gasteiger partial charge < -0.3 is 20.0 Å². The van der Waals surface area contributed by atoms with E-state index in [0.717, 1.165) is 4.47 Å². The third kappa shape index (κ3) is 3.04. The number of ether oxygens (including phenoxy) is 1. The van der Waals surface area contributed by atoms with Gasteiger partial charge in [-0.05, 0) is 41.4 Å². The van der Waals surface area contributed by atoms with Crippen LogP contribution in [-0.2, 0) is 10.3 Å². The van der Waals surface area contributed by atoms with Gasteiger partial charge in [-0.25, -0.2) is 0 Å². The lowest BCUT2D eigenvalue weighted by molar-refractivity contribution is -0.0582. The third-order valence-electron chi connectivity index (χ3n) is 2.22. The maximum absolute atomic E-state index is 10.4. The number of nitrogens with two attached hydrogens (primary N) is 1. The molecule has 0 saturated heterocycles. The van der Waals surface area contributed by atoms with Crippen molar-refractivity contribution in [3.05, 3.63) is 22.6 Å². The van der Waals surface area contributed by atoms with Crippen molar-refractivity contribution < 1.29 is 14.3 Å². The second-order valence-corrected chi connectivity index (χ2v) is 4.31. The zero-order valence-electron chi connectivity index (χ0n) is 8.70. The molecule has 86 valence electrons. The Balaban J connectivity index is 2.85. The predicted octanol–water partition coefficient (Wildman–Crippen LogP) is 1.61. The molecule has 1 unspecified atom stereocenters. The minimum Gasteiger partial charge on any atom is -0.465 e. The zero-order valence-corrected chi connectivity index (χ0v) is 10.3. The molecule has 1 heterocycles. The first-order valence-corrected chi connectivity index (χ1v) is 5.58. The van der Waals surface area contributed by atoms with Gasteiger partial charge in [-0.2, -0.15) is 0 Å². The van der Waals surface area contributed by atoms with Crippen molar-refractivity contribution in [1.82, 2.24) is 0 Å². The van der Waals surface area contributed by atoms with Crippen molar-refractivity contribution in [3.8, 4) is 0 Å². The number of furan rings is 1. The number of rotatable bonds is 6. The third-order valence-corrected chi connectivity index (χ3v) is 2.84. The highest BCUT2D eigenvalue weighted by molar-refractivity contribution is 9.10. The Hall–Kier alpha value is -0.360. The Morgan fingerprint density at radius 2 is 2.40 bits per heavy atom. The molecule has 0 bridgehead atoms. The lowest BCUT2D eigenvalue weighted by Gasteiger charge is -2.25. The number of methoxy groups -OCH3 is 1. The molecule has 0 amide bonds. The highest BCUT2D eigenvalue weighted by Gasteiger charge is 2.33. The van der Waals surface area contributed by atoms with E-state index < -0.39 is 5.60 Å². The molecule has 5 heteroatoms. The van der Waals surface area contributed by atoms with Crippen LogP contribution in [0.3, 0.4) is 0 Å². The van der Waals surface area contributed by atoms with Crippen molar-refractivity contribution in [3.63, 3.8) is 0 Å². The topological polar surface area (TPSA) is 68.6 Å². The summed E-state index contributed by atoms with van der Waals surface area (Å²) in [6, 6.07) is 1.75. The maximum Gasteiger partial charge on any atom is 0.151 e. The van der Waals surface area contributed by atoms with Crippen LogP contribution in [0.1, 0.15) is 18.6 Å². The SMILES string of the molecule is COCC(O)(CCCN)c1occc1Br. The average Bonchev–Trinajstić information content (AvgIpc) is 2.62. The summed E-state index contributed by atoms with van der Waals surface area (Å²) in [7, 11) is 1.55. The van der Waals surface area contributed by atoms with Gasteiger partial charge in [-0.3, -0.25) is 0 Å². The molecule has 0 fully saturated rings. The van der Waals surface area contributed by atoms with Crippen molar-refractivity contribution >= 4 is 15.9 Å². The van der Waals surface area contributed by atoms with E-state index in [1.54, 1.807) is 13.2 Å². The van der Waals surface area contributed by atoms with E-state index in [-0.39, 0.29) is 6.61 Å². The highest BCUT2D eigenvalue weighted by Crippen LogP contribution is 2.33. The molecule has 0 aromatic carbocycles. The molecule has 0 aliphatic heterocycles. The molecular formula is C10H16BrNO3. The molecule has 1 aromatic heterocycles. The van der Waals surface area contributed by atoms with Crippen LogP contribution in [0, 0.1) is 0 Å². The molecule has 1 atom stereocenters. The summed E-state index contributed by atoms with van der Waals surface area (Å²) in [5, 5.41) is 10.4. The summed E-state index contributed by atoms with van der Waals surface area (Å²) < 4.78 is 11.0. The van der Waals surface area contributed by atoms with Crippen LogP contribution in [0.2, 0.25) is 0 Å². The van der Waals surface area contributed by atoms with E-state index in [0.29, 0.717) is 25.1 Å². The molecular weight excluding hydrogens is 262 g/mol. The average molecular weight is 278 g/mol. The first-order chi connectivity index (χ1) is 7.14. The van der Waals surface area contributed by atoms with Crippen LogP contribution < -0.4 is 5.73 Å². The van der Waals surface area contributed by atoms with Crippen LogP contribution in [0.5, 0.6) is 0 Å². The molecule has 0 aliphatic carbocycles. The van der Waals surface area contributed by atoms with E-state index in [9.17, 15) is 5.11 Å². The van der Waals surface area contributed by atoms with E-state index in [2.05, 4.69) is 15.9 Å². The lowest BCUT2D eigenvalue weighted by Crippen LogP contribution is -2.31. The molecule has 0 aliphatic rings. The Kier molecular flexibility index (Phi) is 4.79. The Bertz CT molecular complexity index is 303. The van der Waals surface area contributed by atoms with Crippen LogP contribution in [0.4, 0.5) is 0 Å². The van der Waals surface area contributed by atoms with Gasteiger partial charge >= 0.3 is 0 Å². The monoisotopic (exact) mass is 277 g/mol. The molecule has 3 N–H and O–H groups in total. The molecule has 0 saturated carbocycles. The summed E-state index contributed by atoms with van der Waals surface area (Å²) in [6.45, 7) is 0.726. The number of hydrogen-bond donors (Lipinski definition) is 2. The minimum absolute atomic E-state index is 0.194. The molecule has 4 nitrogen and oxygen atoms in total.